The molecule has 4 heterocycles. The molecule has 94 heavy (non-hydrogen) atoms. The largest absolute Gasteiger partial charge is 0.456 e. The lowest BCUT2D eigenvalue weighted by molar-refractivity contribution is -0.118. The van der Waals surface area contributed by atoms with E-state index in [1.165, 1.54) is 0 Å². The molecule has 2 atom stereocenters. The first-order valence-electron chi connectivity index (χ1n) is 32.7. The normalized spacial score (nSPS) is 16.6. The number of anilines is 8. The number of hydrogen-bond acceptors (Lipinski definition) is 10. The molecular formula is C82H74N4O8. The molecule has 12 heteroatoms. The summed E-state index contributed by atoms with van der Waals surface area (Å²) < 4.78 is 27.2. The SMILES string of the molecule is CCC(=O)N(c1ccc(C(C)(CC)c2ccc(N(C(=O)CC)c3cc4c(cc3C)Oc3cc(N(CC)c5ccccc5C)ccc3C43OC(=O)c4ccccc43)cc2)cc1)c1cc2c(cc1C)Oc1cc(N(CC)c3ccccc3C)ccc1C21OC(=O)c2ccccc21. The number of ether oxygens (including phenoxy) is 4. The van der Waals surface area contributed by atoms with Crippen LogP contribution >= 0.6 is 0 Å². The van der Waals surface area contributed by atoms with Gasteiger partial charge in [0.25, 0.3) is 0 Å². The third kappa shape index (κ3) is 9.38. The first kappa shape index (κ1) is 60.8. The lowest BCUT2D eigenvalue weighted by Crippen LogP contribution is -2.34. The van der Waals surface area contributed by atoms with Crippen molar-refractivity contribution in [2.75, 3.05) is 32.7 Å². The first-order chi connectivity index (χ1) is 45.5. The lowest BCUT2D eigenvalue weighted by atomic mass is 9.74. The molecule has 12 nitrogen and oxygen atoms in total. The van der Waals surface area contributed by atoms with Crippen LogP contribution in [0.1, 0.15) is 148 Å². The quantitative estimate of drug-likeness (QED) is 0.0918. The van der Waals surface area contributed by atoms with E-state index >= 15 is 0 Å². The fourth-order valence-corrected chi connectivity index (χ4v) is 14.8. The van der Waals surface area contributed by atoms with Crippen LogP contribution in [-0.4, -0.2) is 36.8 Å². The maximum atomic E-state index is 14.6. The number of hydrogen-bond donors (Lipinski definition) is 0. The molecule has 2 spiro atoms. The molecule has 0 saturated heterocycles. The molecule has 4 aliphatic rings. The second-order valence-corrected chi connectivity index (χ2v) is 25.1. The fraction of sp³-hybridized carbons (Fsp3) is 0.220. The highest BCUT2D eigenvalue weighted by atomic mass is 16.6. The predicted octanol–water partition coefficient (Wildman–Crippen LogP) is 19.2. The van der Waals surface area contributed by atoms with Crippen molar-refractivity contribution in [2.24, 2.45) is 0 Å². The second kappa shape index (κ2) is 23.4. The van der Waals surface area contributed by atoms with Crippen molar-refractivity contribution in [2.45, 2.75) is 105 Å². The molecule has 4 aliphatic heterocycles. The molecule has 14 rings (SSSR count). The van der Waals surface area contributed by atoms with Crippen molar-refractivity contribution in [3.63, 3.8) is 0 Å². The number of esters is 2. The highest BCUT2D eigenvalue weighted by Crippen LogP contribution is 2.60. The highest BCUT2D eigenvalue weighted by Gasteiger charge is 2.56. The Morgan fingerprint density at radius 1 is 0.383 bits per heavy atom. The van der Waals surface area contributed by atoms with Crippen LogP contribution in [0.3, 0.4) is 0 Å². The van der Waals surface area contributed by atoms with Gasteiger partial charge >= 0.3 is 11.9 Å². The van der Waals surface area contributed by atoms with Crippen LogP contribution in [0.25, 0.3) is 0 Å². The summed E-state index contributed by atoms with van der Waals surface area (Å²) in [6.07, 6.45) is 1.17. The molecule has 0 aromatic heterocycles. The van der Waals surface area contributed by atoms with Gasteiger partial charge in [-0.25, -0.2) is 9.59 Å². The van der Waals surface area contributed by atoms with E-state index in [1.807, 2.05) is 161 Å². The first-order valence-corrected chi connectivity index (χ1v) is 32.7. The number of fused-ring (bicyclic) bond motifs is 12. The number of benzene rings is 10. The van der Waals surface area contributed by atoms with Crippen molar-refractivity contribution in [3.8, 4) is 23.0 Å². The van der Waals surface area contributed by atoms with Crippen molar-refractivity contribution in [1.82, 2.24) is 0 Å². The van der Waals surface area contributed by atoms with Gasteiger partial charge in [0, 0.05) is 111 Å². The third-order valence-corrected chi connectivity index (χ3v) is 19.9. The van der Waals surface area contributed by atoms with Crippen LogP contribution in [-0.2, 0) is 35.7 Å². The van der Waals surface area contributed by atoms with E-state index in [2.05, 4.69) is 112 Å². The van der Waals surface area contributed by atoms with E-state index in [9.17, 15) is 19.2 Å². The Bertz CT molecular complexity index is 4450. The van der Waals surface area contributed by atoms with Crippen molar-refractivity contribution in [1.29, 1.82) is 0 Å². The Labute approximate surface area is 549 Å². The summed E-state index contributed by atoms with van der Waals surface area (Å²) in [4.78, 5) is 65.4. The molecule has 470 valence electrons. The van der Waals surface area contributed by atoms with Gasteiger partial charge in [-0.1, -0.05) is 125 Å². The van der Waals surface area contributed by atoms with Crippen LogP contribution in [0.4, 0.5) is 45.5 Å². The van der Waals surface area contributed by atoms with Crippen LogP contribution in [0, 0.1) is 27.7 Å². The third-order valence-electron chi connectivity index (χ3n) is 19.9. The molecule has 2 amide bonds. The monoisotopic (exact) mass is 1240 g/mol. The Kier molecular flexibility index (Phi) is 15.2. The Balaban J connectivity index is 0.798. The number of aryl methyl sites for hydroxylation is 4. The zero-order chi connectivity index (χ0) is 65.5. The van der Waals surface area contributed by atoms with Gasteiger partial charge in [-0.15, -0.1) is 0 Å². The Morgan fingerprint density at radius 2 is 0.745 bits per heavy atom. The Morgan fingerprint density at radius 3 is 1.12 bits per heavy atom. The summed E-state index contributed by atoms with van der Waals surface area (Å²) in [5.74, 6) is 1.10. The molecular weight excluding hydrogens is 1170 g/mol. The summed E-state index contributed by atoms with van der Waals surface area (Å²) >= 11 is 0. The van der Waals surface area contributed by atoms with Gasteiger partial charge in [-0.05, 0) is 178 Å². The minimum absolute atomic E-state index is 0.117. The smallest absolute Gasteiger partial charge is 0.340 e. The van der Waals surface area contributed by atoms with Gasteiger partial charge < -0.3 is 28.7 Å². The molecule has 10 aromatic carbocycles. The number of para-hydroxylation sites is 2. The van der Waals surface area contributed by atoms with E-state index in [-0.39, 0.29) is 24.7 Å². The van der Waals surface area contributed by atoms with Crippen LogP contribution in [0.5, 0.6) is 23.0 Å². The molecule has 0 fully saturated rings. The van der Waals surface area contributed by atoms with Crippen LogP contribution in [0.2, 0.25) is 0 Å². The standard InChI is InChI=1S/C82H74N4O8/c1-11-76(87)85(70-48-66-72(44-52(70)8)91-74-46-58(83(14-4)68-30-22-16-24-50(68)6)40-42-64(74)81(66)62-28-20-18-26-60(62)78(89)93-81)56-36-32-54(33-37-56)80(10,13-3)55-34-38-57(39-35-55)86(77(88)12-2)71-49-67-73(45-53(71)9)92-75-47-59(84(15-5)69-31-23-17-25-51(69)7)41-43-65(75)82(67)63-29-21-19-27-61(63)79(90)94-82/h16-49H,11-15H2,1-10H3. The summed E-state index contributed by atoms with van der Waals surface area (Å²) in [7, 11) is 0. The van der Waals surface area contributed by atoms with Crippen LogP contribution in [0.15, 0.2) is 206 Å². The highest BCUT2D eigenvalue weighted by molar-refractivity contribution is 6.04. The molecule has 10 aromatic rings. The van der Waals surface area contributed by atoms with Gasteiger partial charge in [0.05, 0.1) is 22.5 Å². The van der Waals surface area contributed by atoms with Gasteiger partial charge in [0.15, 0.2) is 11.2 Å². The van der Waals surface area contributed by atoms with E-state index < -0.39 is 28.6 Å². The van der Waals surface area contributed by atoms with E-state index in [4.69, 9.17) is 18.9 Å². The van der Waals surface area contributed by atoms with Gasteiger partial charge in [0.2, 0.25) is 11.8 Å². The average molecular weight is 1240 g/mol. The van der Waals surface area contributed by atoms with Gasteiger partial charge in [-0.3, -0.25) is 19.4 Å². The molecule has 0 saturated carbocycles. The summed E-state index contributed by atoms with van der Waals surface area (Å²) in [5.41, 5.74) is 14.3. The topological polar surface area (TPSA) is 118 Å². The van der Waals surface area contributed by atoms with Crippen molar-refractivity contribution in [3.05, 3.63) is 284 Å². The zero-order valence-corrected chi connectivity index (χ0v) is 54.7. The van der Waals surface area contributed by atoms with Crippen molar-refractivity contribution < 1.29 is 38.1 Å². The molecule has 2 unspecified atom stereocenters. The minimum Gasteiger partial charge on any atom is -0.456 e. The molecule has 0 radical (unpaired) electrons. The van der Waals surface area contributed by atoms with Crippen LogP contribution < -0.4 is 29.1 Å². The number of rotatable bonds is 15. The van der Waals surface area contributed by atoms with E-state index in [0.29, 0.717) is 103 Å². The summed E-state index contributed by atoms with van der Waals surface area (Å²) in [5, 5.41) is 0. The van der Waals surface area contributed by atoms with E-state index in [1.54, 1.807) is 21.9 Å². The number of carbonyl (C=O) groups excluding carboxylic acids is 4. The number of nitrogens with zero attached hydrogens (tertiary/aromatic N) is 4. The minimum atomic E-state index is -1.38. The second-order valence-electron chi connectivity index (χ2n) is 25.1. The lowest BCUT2D eigenvalue weighted by Gasteiger charge is -2.38. The predicted molar refractivity (Wildman–Crippen MR) is 371 cm³/mol. The Hall–Kier alpha value is -10.7. The fourth-order valence-electron chi connectivity index (χ4n) is 14.8. The molecule has 0 bridgehead atoms. The molecule has 0 aliphatic carbocycles. The number of carbonyl (C=O) groups is 4. The zero-order valence-electron chi connectivity index (χ0n) is 54.7. The summed E-state index contributed by atoms with van der Waals surface area (Å²) in [6.45, 7) is 21.9. The maximum Gasteiger partial charge on any atom is 0.340 e. The maximum absolute atomic E-state index is 14.6. The average Bonchev–Trinajstić information content (AvgIpc) is 1.44. The number of amides is 2. The molecule has 0 N–H and O–H groups in total. The van der Waals surface area contributed by atoms with Gasteiger partial charge in [-0.2, -0.15) is 0 Å². The van der Waals surface area contributed by atoms with E-state index in [0.717, 1.165) is 62.6 Å². The van der Waals surface area contributed by atoms with Gasteiger partial charge in [0.1, 0.15) is 23.0 Å². The van der Waals surface area contributed by atoms with Crippen molar-refractivity contribution >= 4 is 69.3 Å². The summed E-state index contributed by atoms with van der Waals surface area (Å²) in [6, 6.07) is 68.1.